The van der Waals surface area contributed by atoms with Crippen LogP contribution in [0.4, 0.5) is 0 Å². The minimum atomic E-state index is -4.14. The Morgan fingerprint density at radius 2 is 2.05 bits per heavy atom. The molecule has 0 bridgehead atoms. The highest BCUT2D eigenvalue weighted by Crippen LogP contribution is 2.28. The van der Waals surface area contributed by atoms with Gasteiger partial charge in [-0.05, 0) is 12.1 Å². The van der Waals surface area contributed by atoms with Gasteiger partial charge in [0, 0.05) is 13.0 Å². The molecule has 2 N–H and O–H groups in total. The number of benzene rings is 1. The van der Waals surface area contributed by atoms with Gasteiger partial charge in [-0.1, -0.05) is 12.1 Å². The first-order chi connectivity index (χ1) is 9.37. The van der Waals surface area contributed by atoms with E-state index in [2.05, 4.69) is 0 Å². The molecule has 0 radical (unpaired) electrons. The van der Waals surface area contributed by atoms with Crippen LogP contribution in [0.5, 0.6) is 0 Å². The number of aliphatic hydroxyl groups excluding tert-OH is 1. The molecule has 7 nitrogen and oxygen atoms in total. The maximum absolute atomic E-state index is 12.5. The zero-order chi connectivity index (χ0) is 14.9. The summed E-state index contributed by atoms with van der Waals surface area (Å²) in [7, 11) is -4.14. The van der Waals surface area contributed by atoms with Gasteiger partial charge in [-0.25, -0.2) is 8.42 Å². The quantitative estimate of drug-likeness (QED) is 0.795. The SMILES string of the molecule is N#Cc1ccccc1S(=O)(=O)N1CC(O)C[C@H]1C(=O)O. The maximum atomic E-state index is 12.5. The average Bonchev–Trinajstić information content (AvgIpc) is 2.82. The van der Waals surface area contributed by atoms with E-state index in [0.29, 0.717) is 0 Å². The van der Waals surface area contributed by atoms with Gasteiger partial charge in [0.15, 0.2) is 0 Å². The molecule has 2 atom stereocenters. The van der Waals surface area contributed by atoms with Crippen molar-refractivity contribution in [3.05, 3.63) is 29.8 Å². The summed E-state index contributed by atoms with van der Waals surface area (Å²) in [6.07, 6.45) is -1.19. The van der Waals surface area contributed by atoms with Crippen molar-refractivity contribution in [3.63, 3.8) is 0 Å². The third kappa shape index (κ3) is 2.38. The van der Waals surface area contributed by atoms with Crippen LogP contribution in [-0.4, -0.2) is 47.6 Å². The van der Waals surface area contributed by atoms with Crippen LogP contribution in [0.3, 0.4) is 0 Å². The molecule has 20 heavy (non-hydrogen) atoms. The number of nitriles is 1. The lowest BCUT2D eigenvalue weighted by atomic mass is 10.2. The first-order valence-corrected chi connectivity index (χ1v) is 7.23. The fraction of sp³-hybridized carbons (Fsp3) is 0.333. The van der Waals surface area contributed by atoms with Crippen molar-refractivity contribution in [2.24, 2.45) is 0 Å². The van der Waals surface area contributed by atoms with Gasteiger partial charge in [0.2, 0.25) is 10.0 Å². The van der Waals surface area contributed by atoms with E-state index in [9.17, 15) is 18.3 Å². The van der Waals surface area contributed by atoms with E-state index in [4.69, 9.17) is 10.4 Å². The second-order valence-electron chi connectivity index (χ2n) is 4.43. The van der Waals surface area contributed by atoms with E-state index in [-0.39, 0.29) is 23.4 Å². The third-order valence-electron chi connectivity index (χ3n) is 3.11. The first kappa shape index (κ1) is 14.5. The summed E-state index contributed by atoms with van der Waals surface area (Å²) in [4.78, 5) is 10.9. The number of carboxylic acids is 1. The molecule has 1 aromatic rings. The van der Waals surface area contributed by atoms with Crippen LogP contribution in [0.15, 0.2) is 29.2 Å². The maximum Gasteiger partial charge on any atom is 0.322 e. The number of aliphatic carboxylic acids is 1. The predicted octanol–water partition coefficient (Wildman–Crippen LogP) is -0.233. The van der Waals surface area contributed by atoms with Crippen LogP contribution in [-0.2, 0) is 14.8 Å². The fourth-order valence-electron chi connectivity index (χ4n) is 2.18. The molecule has 1 fully saturated rings. The Morgan fingerprint density at radius 3 is 2.65 bits per heavy atom. The molecule has 0 aliphatic carbocycles. The van der Waals surface area contributed by atoms with Crippen molar-refractivity contribution < 1.29 is 23.4 Å². The highest BCUT2D eigenvalue weighted by atomic mass is 32.2. The van der Waals surface area contributed by atoms with Gasteiger partial charge in [0.1, 0.15) is 12.1 Å². The lowest BCUT2D eigenvalue weighted by molar-refractivity contribution is -0.140. The van der Waals surface area contributed by atoms with Gasteiger partial charge < -0.3 is 10.2 Å². The molecule has 1 unspecified atom stereocenters. The average molecular weight is 296 g/mol. The Labute approximate surface area is 115 Å². The lowest BCUT2D eigenvalue weighted by Crippen LogP contribution is -2.40. The summed E-state index contributed by atoms with van der Waals surface area (Å²) < 4.78 is 25.7. The van der Waals surface area contributed by atoms with Gasteiger partial charge in [-0.15, -0.1) is 0 Å². The van der Waals surface area contributed by atoms with Gasteiger partial charge in [-0.2, -0.15) is 9.57 Å². The van der Waals surface area contributed by atoms with Crippen molar-refractivity contribution in [1.82, 2.24) is 4.31 Å². The van der Waals surface area contributed by atoms with Crippen LogP contribution < -0.4 is 0 Å². The molecule has 1 saturated heterocycles. The molecule has 0 amide bonds. The molecule has 8 heteroatoms. The summed E-state index contributed by atoms with van der Waals surface area (Å²) in [5.74, 6) is -1.32. The van der Waals surface area contributed by atoms with Crippen LogP contribution >= 0.6 is 0 Å². The van der Waals surface area contributed by atoms with E-state index in [0.717, 1.165) is 4.31 Å². The summed E-state index contributed by atoms with van der Waals surface area (Å²) >= 11 is 0. The number of carbonyl (C=O) groups is 1. The Balaban J connectivity index is 2.50. The van der Waals surface area contributed by atoms with Crippen LogP contribution in [0.1, 0.15) is 12.0 Å². The second-order valence-corrected chi connectivity index (χ2v) is 6.29. The number of carboxylic acid groups (broad SMARTS) is 1. The molecule has 0 spiro atoms. The number of hydrogen-bond acceptors (Lipinski definition) is 5. The molecule has 106 valence electrons. The lowest BCUT2D eigenvalue weighted by Gasteiger charge is -2.21. The number of aliphatic hydroxyl groups is 1. The topological polar surface area (TPSA) is 119 Å². The van der Waals surface area contributed by atoms with Crippen LogP contribution in [0.2, 0.25) is 0 Å². The monoisotopic (exact) mass is 296 g/mol. The normalized spacial score (nSPS) is 23.4. The fourth-order valence-corrected chi connectivity index (χ4v) is 3.96. The third-order valence-corrected chi connectivity index (χ3v) is 5.05. The highest BCUT2D eigenvalue weighted by Gasteiger charge is 2.44. The van der Waals surface area contributed by atoms with Gasteiger partial charge in [0.05, 0.1) is 16.6 Å². The molecule has 1 aromatic carbocycles. The summed E-state index contributed by atoms with van der Waals surface area (Å²) in [6.45, 7) is -0.293. The van der Waals surface area contributed by atoms with Crippen molar-refractivity contribution in [2.45, 2.75) is 23.5 Å². The van der Waals surface area contributed by atoms with Crippen molar-refractivity contribution >= 4 is 16.0 Å². The molecule has 2 rings (SSSR count). The molecule has 0 aromatic heterocycles. The number of nitrogens with zero attached hydrogens (tertiary/aromatic N) is 2. The summed E-state index contributed by atoms with van der Waals surface area (Å²) in [6, 6.07) is 6.01. The van der Waals surface area contributed by atoms with Crippen molar-refractivity contribution in [1.29, 1.82) is 5.26 Å². The van der Waals surface area contributed by atoms with Crippen molar-refractivity contribution in [3.8, 4) is 6.07 Å². The molecular weight excluding hydrogens is 284 g/mol. The zero-order valence-electron chi connectivity index (χ0n) is 10.3. The number of hydrogen-bond donors (Lipinski definition) is 2. The smallest absolute Gasteiger partial charge is 0.322 e. The van der Waals surface area contributed by atoms with Gasteiger partial charge in [0.25, 0.3) is 0 Å². The molecular formula is C12H12N2O5S. The standard InChI is InChI=1S/C12H12N2O5S/c13-6-8-3-1-2-4-11(8)20(18,19)14-7-9(15)5-10(14)12(16)17/h1-4,9-10,15H,5,7H2,(H,16,17)/t9?,10-/m0/s1. The minimum Gasteiger partial charge on any atom is -0.480 e. The molecule has 0 saturated carbocycles. The Morgan fingerprint density at radius 1 is 1.40 bits per heavy atom. The number of β-amino-alcohol motifs (C(OH)–C–C–N with tert-alkyl or cyclic N) is 1. The van der Waals surface area contributed by atoms with E-state index >= 15 is 0 Å². The largest absolute Gasteiger partial charge is 0.480 e. The van der Waals surface area contributed by atoms with Crippen molar-refractivity contribution in [2.75, 3.05) is 6.54 Å². The summed E-state index contributed by atoms with van der Waals surface area (Å²) in [5.41, 5.74) is -0.0574. The Kier molecular flexibility index (Phi) is 3.76. The predicted molar refractivity (Wildman–Crippen MR) is 67.1 cm³/mol. The van der Waals surface area contributed by atoms with Gasteiger partial charge >= 0.3 is 5.97 Å². The van der Waals surface area contributed by atoms with Gasteiger partial charge in [-0.3, -0.25) is 4.79 Å². The van der Waals surface area contributed by atoms with E-state index in [1.54, 1.807) is 6.07 Å². The number of rotatable bonds is 3. The number of sulfonamides is 1. The van der Waals surface area contributed by atoms with Crippen LogP contribution in [0.25, 0.3) is 0 Å². The molecule has 1 aliphatic heterocycles. The van der Waals surface area contributed by atoms with Crippen LogP contribution in [0, 0.1) is 11.3 Å². The Hall–Kier alpha value is -1.95. The summed E-state index contributed by atoms with van der Waals surface area (Å²) in [5, 5.41) is 27.5. The first-order valence-electron chi connectivity index (χ1n) is 5.79. The Bertz CT molecular complexity index is 679. The zero-order valence-corrected chi connectivity index (χ0v) is 11.1. The van der Waals surface area contributed by atoms with E-state index in [1.165, 1.54) is 24.3 Å². The molecule has 1 heterocycles. The second kappa shape index (κ2) is 5.20. The highest BCUT2D eigenvalue weighted by molar-refractivity contribution is 7.89. The molecule has 1 aliphatic rings. The van der Waals surface area contributed by atoms with E-state index in [1.807, 2.05) is 0 Å². The minimum absolute atomic E-state index is 0.0574. The van der Waals surface area contributed by atoms with E-state index < -0.39 is 28.1 Å².